The van der Waals surface area contributed by atoms with Crippen LogP contribution < -0.4 is 9.80 Å². The fourth-order valence-corrected chi connectivity index (χ4v) is 29.5. The Morgan fingerprint density at radius 2 is 0.686 bits per heavy atom. The number of likely N-dealkylation sites (N-methyl/N-ethyl adjacent to an activating group) is 3. The van der Waals surface area contributed by atoms with E-state index in [1.54, 1.807) is 0 Å². The number of hydrogen-bond donors (Lipinski definition) is 0. The van der Waals surface area contributed by atoms with Crippen LogP contribution in [-0.4, -0.2) is 237 Å². The normalized spacial score (nSPS) is 34.8. The van der Waals surface area contributed by atoms with Crippen molar-refractivity contribution in [2.24, 2.45) is 72.1 Å². The minimum absolute atomic E-state index is 0.593. The molecule has 24 rings (SSSR count). The molecule has 0 radical (unpaired) electrons. The molecule has 11 aliphatic heterocycles. The van der Waals surface area contributed by atoms with Crippen LogP contribution in [0.25, 0.3) is 10.9 Å². The number of likely N-dealkylation sites (tertiary alicyclic amines) is 7. The number of para-hydroxylation sites is 3. The van der Waals surface area contributed by atoms with Gasteiger partial charge in [0.25, 0.3) is 0 Å². The van der Waals surface area contributed by atoms with Crippen molar-refractivity contribution >= 4 is 22.3 Å². The molecule has 5 aromatic carbocycles. The van der Waals surface area contributed by atoms with Gasteiger partial charge in [0.2, 0.25) is 0 Å². The third kappa shape index (κ3) is 29.0. The Hall–Kier alpha value is -5.12. The summed E-state index contributed by atoms with van der Waals surface area (Å²) in [5.74, 6) is 11.5. The zero-order valence-electron chi connectivity index (χ0n) is 92.5. The molecule has 7 saturated heterocycles. The molecule has 0 amide bonds. The highest BCUT2D eigenvalue weighted by Gasteiger charge is 2.44. The molecule has 0 bridgehead atoms. The number of benzene rings is 5. The van der Waals surface area contributed by atoms with E-state index in [9.17, 15) is 0 Å². The minimum atomic E-state index is 0.593. The molecule has 0 N–H and O–H groups in total. The molecule has 14 fully saturated rings. The van der Waals surface area contributed by atoms with Gasteiger partial charge in [-0.15, -0.1) is 0 Å². The molecule has 6 aromatic rings. The summed E-state index contributed by atoms with van der Waals surface area (Å²) >= 11 is 0. The van der Waals surface area contributed by atoms with Gasteiger partial charge in [-0.25, -0.2) is 0 Å². The van der Waals surface area contributed by atoms with Gasteiger partial charge >= 0.3 is 0 Å². The van der Waals surface area contributed by atoms with Gasteiger partial charge in [-0.05, 0) is 429 Å². The zero-order chi connectivity index (χ0) is 97.7. The van der Waals surface area contributed by atoms with Crippen molar-refractivity contribution in [3.63, 3.8) is 0 Å². The molecule has 25 atom stereocenters. The largest absolute Gasteiger partial charge is 0.372 e. The Morgan fingerprint density at radius 3 is 1.27 bits per heavy atom. The van der Waals surface area contributed by atoms with Crippen LogP contribution in [0, 0.1) is 72.0 Å². The first-order chi connectivity index (χ1) is 65.9. The Bertz CT molecular complexity index is 4240. The van der Waals surface area contributed by atoms with Crippen molar-refractivity contribution in [3.8, 4) is 0 Å². The highest BCUT2D eigenvalue weighted by Crippen LogP contribution is 2.46. The molecule has 7 saturated carbocycles. The Balaban J connectivity index is 0.000000126. The van der Waals surface area contributed by atoms with Crippen LogP contribution in [0.4, 0.5) is 11.4 Å². The van der Waals surface area contributed by atoms with Gasteiger partial charge in [0.05, 0.1) is 0 Å². The van der Waals surface area contributed by atoms with Crippen molar-refractivity contribution in [2.75, 3.05) is 120 Å². The molecular formula is C125H206N12. The monoisotopic (exact) mass is 1880 g/mol. The van der Waals surface area contributed by atoms with E-state index in [4.69, 9.17) is 0 Å². The van der Waals surface area contributed by atoms with Gasteiger partial charge < -0.3 is 48.7 Å². The van der Waals surface area contributed by atoms with Crippen LogP contribution in [0.3, 0.4) is 0 Å². The predicted octanol–water partition coefficient (Wildman–Crippen LogP) is 27.4. The van der Waals surface area contributed by atoms with Crippen molar-refractivity contribution in [1.29, 1.82) is 0 Å². The maximum Gasteiger partial charge on any atom is 0.0479 e. The number of piperidine rings is 3. The van der Waals surface area contributed by atoms with E-state index in [0.29, 0.717) is 24.2 Å². The average Bonchev–Trinajstić information content (AvgIpc) is 1.69. The van der Waals surface area contributed by atoms with Crippen molar-refractivity contribution < 1.29 is 0 Å². The van der Waals surface area contributed by atoms with Crippen LogP contribution in [0.1, 0.15) is 340 Å². The number of aryl methyl sites for hydroxylation is 3. The summed E-state index contributed by atoms with van der Waals surface area (Å²) in [6.07, 6.45) is 55.1. The molecule has 12 heteroatoms. The number of anilines is 2. The average molecular weight is 1880 g/mol. The zero-order valence-corrected chi connectivity index (χ0v) is 92.5. The van der Waals surface area contributed by atoms with E-state index in [1.165, 1.54) is 338 Å². The molecule has 0 spiro atoms. The van der Waals surface area contributed by atoms with Crippen LogP contribution >= 0.6 is 0 Å². The second-order valence-corrected chi connectivity index (χ2v) is 48.6. The second kappa shape index (κ2) is 53.1. The second-order valence-electron chi connectivity index (χ2n) is 48.6. The first-order valence-corrected chi connectivity index (χ1v) is 57.6. The Kier molecular flexibility index (Phi) is 42.3. The van der Waals surface area contributed by atoms with E-state index < -0.39 is 0 Å². The lowest BCUT2D eigenvalue weighted by Gasteiger charge is -2.45. The van der Waals surface area contributed by atoms with Gasteiger partial charge in [-0.1, -0.05) is 199 Å². The van der Waals surface area contributed by atoms with Gasteiger partial charge in [0.1, 0.15) is 0 Å². The third-order valence-electron chi connectivity index (χ3n) is 40.3. The number of rotatable bonds is 0. The predicted molar refractivity (Wildman–Crippen MR) is 593 cm³/mol. The van der Waals surface area contributed by atoms with E-state index in [0.717, 1.165) is 132 Å². The molecule has 12 heterocycles. The number of aromatic nitrogens is 1. The summed E-state index contributed by atoms with van der Waals surface area (Å²) in [6.45, 7) is 35.7. The number of nitrogens with zero attached hydrogens (tertiary/aromatic N) is 12. The Morgan fingerprint density at radius 1 is 0.263 bits per heavy atom. The SMILES string of the molecule is CC1C2CCCC2CN1C.CC1C2CCCCC2CCN1C.CC1C2CCCCC2CN1C.CC1CC2CCCCC2CN1C.CC1CC2CCCCC2N1C.CC1CC2CCCCC2N1C.CC1CCC2CCCCC2N1C.CC1CCc2ccccc2N1C.CC1Cc2ccccc2CN1C.CC1Cc2ccccc2N1C.CC1c2ccccc2CCN1C.Cc1cc2ccccc2n1C. The first kappa shape index (κ1) is 109. The number of fused-ring (bicyclic) bond motifs is 12. The maximum atomic E-state index is 2.63. The summed E-state index contributed by atoms with van der Waals surface area (Å²) in [4.78, 5) is 27.5. The maximum absolute atomic E-state index is 2.63. The van der Waals surface area contributed by atoms with Crippen molar-refractivity contribution in [2.45, 2.75) is 418 Å². The lowest BCUT2D eigenvalue weighted by Crippen LogP contribution is -2.48. The van der Waals surface area contributed by atoms with Crippen LogP contribution in [0.5, 0.6) is 0 Å². The first-order valence-electron chi connectivity index (χ1n) is 57.6. The molecule has 18 aliphatic rings. The fraction of sp³-hybridized carbons (Fsp3) is 0.744. The van der Waals surface area contributed by atoms with E-state index in [1.807, 2.05) is 0 Å². The smallest absolute Gasteiger partial charge is 0.0479 e. The lowest BCUT2D eigenvalue weighted by atomic mass is 9.71. The molecule has 766 valence electrons. The third-order valence-corrected chi connectivity index (χ3v) is 40.3. The van der Waals surface area contributed by atoms with E-state index in [-0.39, 0.29) is 0 Å². The van der Waals surface area contributed by atoms with Crippen LogP contribution in [0.2, 0.25) is 0 Å². The highest BCUT2D eigenvalue weighted by molar-refractivity contribution is 5.81. The molecule has 7 aliphatic carbocycles. The number of hydrogen-bond acceptors (Lipinski definition) is 11. The fourth-order valence-electron chi connectivity index (χ4n) is 29.5. The molecule has 12 nitrogen and oxygen atoms in total. The van der Waals surface area contributed by atoms with Gasteiger partial charge in [0.15, 0.2) is 0 Å². The van der Waals surface area contributed by atoms with Gasteiger partial charge in [0, 0.05) is 161 Å². The van der Waals surface area contributed by atoms with E-state index >= 15 is 0 Å². The summed E-state index contributed by atoms with van der Waals surface area (Å²) in [6, 6.07) is 56.9. The summed E-state index contributed by atoms with van der Waals surface area (Å²) in [5, 5.41) is 1.33. The van der Waals surface area contributed by atoms with Gasteiger partial charge in [-0.2, -0.15) is 0 Å². The van der Waals surface area contributed by atoms with Gasteiger partial charge in [-0.3, -0.25) is 9.80 Å². The summed E-state index contributed by atoms with van der Waals surface area (Å²) in [7, 11) is 26.9. The van der Waals surface area contributed by atoms with Crippen LogP contribution in [-0.2, 0) is 39.3 Å². The topological polar surface area (TPSA) is 40.6 Å². The quantitative estimate of drug-likeness (QED) is 0.146. The van der Waals surface area contributed by atoms with Crippen molar-refractivity contribution in [1.82, 2.24) is 48.7 Å². The van der Waals surface area contributed by atoms with Crippen molar-refractivity contribution in [3.05, 3.63) is 166 Å². The summed E-state index contributed by atoms with van der Waals surface area (Å²) in [5.41, 5.74) is 14.5. The van der Waals surface area contributed by atoms with E-state index in [2.05, 4.69) is 354 Å². The Labute approximate surface area is 842 Å². The minimum Gasteiger partial charge on any atom is -0.372 e. The lowest BCUT2D eigenvalue weighted by molar-refractivity contribution is 0.0447. The highest BCUT2D eigenvalue weighted by atomic mass is 15.2. The molecule has 137 heavy (non-hydrogen) atoms. The molecular weight excluding hydrogens is 1670 g/mol. The summed E-state index contributed by atoms with van der Waals surface area (Å²) < 4.78 is 2.20. The molecule has 1 aromatic heterocycles. The molecule has 25 unspecified atom stereocenters. The van der Waals surface area contributed by atoms with Crippen LogP contribution in [0.15, 0.2) is 127 Å². The standard InChI is InChI=1S/C11H21N.C11H15N.C11H21N.C11H15N.C11H21N.C11H15N.3C10H19N.C10H13N.C10H11N.C9H17N/c2*1-9-7-10-5-3-4-6-11(10)8-12(9)2;2*1-9-11-6-4-3-5-10(11)7-8-12(9)2;2*1-9-7-8-10-5-3-4-6-11(10)12(9)2;1-8-10-6-4-3-5-9(10)7-11(8)2;4*1-8-7-9-5-3-4-6-10(9)11(8)2;1-7-9-5-3-4-8(9)6-10(7)2/h9-11H,3-8H2,1-2H3;3-6,9H,7-8H2,1-2H3;9-11H,3-8H2,1-2H3;3-6,9H,7-8H2,1-2H3;9-11H,3-8H2,1-2H3;3-6,9H,7-8H2,1-2H3;3*8-10H,3-7H2,1-2H3;3-6,8H,7H2,1-2H3;3-7H,1-2H3;7-9H,3-6H2,1-2H3.